The van der Waals surface area contributed by atoms with Crippen LogP contribution < -0.4 is 5.32 Å². The summed E-state index contributed by atoms with van der Waals surface area (Å²) in [6, 6.07) is 9.87. The first-order valence-corrected chi connectivity index (χ1v) is 6.99. The molecular weight excluding hydrogens is 268 g/mol. The van der Waals surface area contributed by atoms with E-state index >= 15 is 0 Å². The minimum absolute atomic E-state index is 0.335. The molecule has 0 saturated heterocycles. The smallest absolute Gasteiger partial charge is 0.413 e. The summed E-state index contributed by atoms with van der Waals surface area (Å²) in [5.41, 5.74) is 2.52. The van der Waals surface area contributed by atoms with Gasteiger partial charge >= 0.3 is 6.09 Å². The number of nitrogens with zero attached hydrogens (tertiary/aromatic N) is 1. The van der Waals surface area contributed by atoms with Gasteiger partial charge in [-0.2, -0.15) is 0 Å². The topological polar surface area (TPSA) is 58.6 Å². The maximum atomic E-state index is 11.9. The maximum absolute atomic E-state index is 11.9. The molecule has 1 aliphatic heterocycles. The molecule has 1 N–H and O–H groups in total. The zero-order valence-electron chi connectivity index (χ0n) is 12.3. The Balaban J connectivity index is 1.95. The molecule has 1 heterocycles. The highest BCUT2D eigenvalue weighted by Crippen LogP contribution is 2.22. The fraction of sp³-hybridized carbons (Fsp3) is 0.375. The van der Waals surface area contributed by atoms with Crippen molar-refractivity contribution in [2.45, 2.75) is 19.4 Å². The van der Waals surface area contributed by atoms with Crippen LogP contribution in [0.4, 0.5) is 4.79 Å². The van der Waals surface area contributed by atoms with Crippen molar-refractivity contribution in [2.75, 3.05) is 20.2 Å². The standard InChI is InChI=1S/C16H20N2O3/c1-12(15(19)17-16(20)21-2)18-10-8-14(9-11-18)13-6-4-3-5-7-13/h3-8,12H,9-11H2,1-2H3,(H,17,19,20)/t12-/m1/s1. The number of hydrogen-bond acceptors (Lipinski definition) is 4. The highest BCUT2D eigenvalue weighted by molar-refractivity contribution is 5.94. The number of amides is 2. The van der Waals surface area contributed by atoms with Crippen LogP contribution in [-0.4, -0.2) is 43.1 Å². The molecule has 5 nitrogen and oxygen atoms in total. The third-order valence-corrected chi connectivity index (χ3v) is 3.72. The average Bonchev–Trinajstić information content (AvgIpc) is 2.55. The normalized spacial score (nSPS) is 16.8. The van der Waals surface area contributed by atoms with Crippen LogP contribution in [0.3, 0.4) is 0 Å². The Morgan fingerprint density at radius 2 is 2.00 bits per heavy atom. The first-order valence-electron chi connectivity index (χ1n) is 6.99. The van der Waals surface area contributed by atoms with Crippen LogP contribution in [0.2, 0.25) is 0 Å². The van der Waals surface area contributed by atoms with E-state index in [1.807, 2.05) is 23.1 Å². The second-order valence-electron chi connectivity index (χ2n) is 5.00. The first-order chi connectivity index (χ1) is 10.1. The summed E-state index contributed by atoms with van der Waals surface area (Å²) in [6.07, 6.45) is 2.31. The highest BCUT2D eigenvalue weighted by atomic mass is 16.5. The zero-order valence-corrected chi connectivity index (χ0v) is 12.3. The summed E-state index contributed by atoms with van der Waals surface area (Å²) in [5.74, 6) is -0.335. The minimum Gasteiger partial charge on any atom is -0.453 e. The van der Waals surface area contributed by atoms with Crippen molar-refractivity contribution in [1.82, 2.24) is 10.2 Å². The van der Waals surface area contributed by atoms with Gasteiger partial charge < -0.3 is 4.74 Å². The largest absolute Gasteiger partial charge is 0.453 e. The SMILES string of the molecule is COC(=O)NC(=O)[C@@H](C)N1CC=C(c2ccccc2)CC1. The number of ether oxygens (including phenoxy) is 1. The van der Waals surface area contributed by atoms with Crippen molar-refractivity contribution < 1.29 is 14.3 Å². The summed E-state index contributed by atoms with van der Waals surface area (Å²) in [5, 5.41) is 2.21. The lowest BCUT2D eigenvalue weighted by atomic mass is 9.99. The molecule has 5 heteroatoms. The van der Waals surface area contributed by atoms with Crippen LogP contribution in [-0.2, 0) is 9.53 Å². The molecule has 2 amide bonds. The van der Waals surface area contributed by atoms with Crippen molar-refractivity contribution in [1.29, 1.82) is 0 Å². The number of alkyl carbamates (subject to hydrolysis) is 1. The molecular formula is C16H20N2O3. The Bertz CT molecular complexity index is 540. The predicted molar refractivity (Wildman–Crippen MR) is 80.6 cm³/mol. The molecule has 0 saturated carbocycles. The van der Waals surface area contributed by atoms with Gasteiger partial charge in [-0.3, -0.25) is 15.0 Å². The van der Waals surface area contributed by atoms with E-state index in [4.69, 9.17) is 0 Å². The summed E-state index contributed by atoms with van der Waals surface area (Å²) in [6.45, 7) is 3.27. The van der Waals surface area contributed by atoms with E-state index in [-0.39, 0.29) is 11.9 Å². The van der Waals surface area contributed by atoms with Crippen molar-refractivity contribution in [3.05, 3.63) is 42.0 Å². The Kier molecular flexibility index (Phi) is 5.11. The van der Waals surface area contributed by atoms with E-state index in [0.29, 0.717) is 6.54 Å². The number of carbonyl (C=O) groups excluding carboxylic acids is 2. The molecule has 112 valence electrons. The summed E-state index contributed by atoms with van der Waals surface area (Å²) in [7, 11) is 1.24. The van der Waals surface area contributed by atoms with E-state index < -0.39 is 6.09 Å². The average molecular weight is 288 g/mol. The van der Waals surface area contributed by atoms with Crippen molar-refractivity contribution in [3.63, 3.8) is 0 Å². The Morgan fingerprint density at radius 1 is 1.29 bits per heavy atom. The van der Waals surface area contributed by atoms with Gasteiger partial charge in [-0.1, -0.05) is 36.4 Å². The maximum Gasteiger partial charge on any atom is 0.413 e. The van der Waals surface area contributed by atoms with E-state index in [1.165, 1.54) is 18.2 Å². The molecule has 0 radical (unpaired) electrons. The number of rotatable bonds is 3. The molecule has 0 bridgehead atoms. The summed E-state index contributed by atoms with van der Waals surface area (Å²) < 4.78 is 4.43. The van der Waals surface area contributed by atoms with E-state index in [9.17, 15) is 9.59 Å². The lowest BCUT2D eigenvalue weighted by Crippen LogP contribution is -2.48. The molecule has 0 fully saturated rings. The van der Waals surface area contributed by atoms with Crippen molar-refractivity contribution >= 4 is 17.6 Å². The van der Waals surface area contributed by atoms with Crippen LogP contribution in [0.5, 0.6) is 0 Å². The lowest BCUT2D eigenvalue weighted by molar-refractivity contribution is -0.125. The third-order valence-electron chi connectivity index (χ3n) is 3.72. The first kappa shape index (κ1) is 15.3. The molecule has 0 aromatic heterocycles. The molecule has 0 unspecified atom stereocenters. The molecule has 0 spiro atoms. The van der Waals surface area contributed by atoms with Gasteiger partial charge in [-0.05, 0) is 24.5 Å². The summed E-state index contributed by atoms with van der Waals surface area (Å²) in [4.78, 5) is 25.0. The molecule has 1 aromatic carbocycles. The Labute approximate surface area is 124 Å². The van der Waals surface area contributed by atoms with Gasteiger partial charge in [0.05, 0.1) is 13.2 Å². The van der Waals surface area contributed by atoms with Gasteiger partial charge in [0.15, 0.2) is 0 Å². The van der Waals surface area contributed by atoms with Gasteiger partial charge in [0.25, 0.3) is 0 Å². The molecule has 1 atom stereocenters. The van der Waals surface area contributed by atoms with Crippen molar-refractivity contribution in [2.24, 2.45) is 0 Å². The zero-order chi connectivity index (χ0) is 15.2. The number of imide groups is 1. The summed E-state index contributed by atoms with van der Waals surface area (Å²) >= 11 is 0. The monoisotopic (exact) mass is 288 g/mol. The molecule has 1 aromatic rings. The second kappa shape index (κ2) is 7.04. The van der Waals surface area contributed by atoms with Crippen molar-refractivity contribution in [3.8, 4) is 0 Å². The third kappa shape index (κ3) is 3.92. The van der Waals surface area contributed by atoms with Crippen LogP contribution in [0.1, 0.15) is 18.9 Å². The lowest BCUT2D eigenvalue weighted by Gasteiger charge is -2.30. The fourth-order valence-electron chi connectivity index (χ4n) is 2.37. The molecule has 1 aliphatic rings. The number of nitrogens with one attached hydrogen (secondary N) is 1. The van der Waals surface area contributed by atoms with E-state index in [0.717, 1.165) is 13.0 Å². The minimum atomic E-state index is -0.718. The van der Waals surface area contributed by atoms with E-state index in [2.05, 4.69) is 28.3 Å². The van der Waals surface area contributed by atoms with Gasteiger partial charge in [-0.25, -0.2) is 4.79 Å². The number of carbonyl (C=O) groups is 2. The highest BCUT2D eigenvalue weighted by Gasteiger charge is 2.24. The van der Waals surface area contributed by atoms with Crippen LogP contribution in [0, 0.1) is 0 Å². The van der Waals surface area contributed by atoms with Gasteiger partial charge in [0.1, 0.15) is 0 Å². The van der Waals surface area contributed by atoms with Crippen LogP contribution >= 0.6 is 0 Å². The second-order valence-corrected chi connectivity index (χ2v) is 5.00. The van der Waals surface area contributed by atoms with Crippen LogP contribution in [0.15, 0.2) is 36.4 Å². The van der Waals surface area contributed by atoms with Gasteiger partial charge in [0, 0.05) is 13.1 Å². The molecule has 21 heavy (non-hydrogen) atoms. The van der Waals surface area contributed by atoms with Crippen LogP contribution in [0.25, 0.3) is 5.57 Å². The fourth-order valence-corrected chi connectivity index (χ4v) is 2.37. The van der Waals surface area contributed by atoms with Gasteiger partial charge in [-0.15, -0.1) is 0 Å². The number of methoxy groups -OCH3 is 1. The van der Waals surface area contributed by atoms with E-state index in [1.54, 1.807) is 6.92 Å². The molecule has 0 aliphatic carbocycles. The predicted octanol–water partition coefficient (Wildman–Crippen LogP) is 2.05. The molecule has 2 rings (SSSR count). The Hall–Kier alpha value is -2.14. The Morgan fingerprint density at radius 3 is 2.57 bits per heavy atom. The number of benzene rings is 1. The number of hydrogen-bond donors (Lipinski definition) is 1. The van der Waals surface area contributed by atoms with Gasteiger partial charge in [0.2, 0.25) is 5.91 Å². The quantitative estimate of drug-likeness (QED) is 0.924.